The fraction of sp³-hybridized carbons (Fsp3) is 0.0526. The van der Waals surface area contributed by atoms with Gasteiger partial charge in [-0.05, 0) is 113 Å². The van der Waals surface area contributed by atoms with Crippen LogP contribution in [0.1, 0.15) is 11.1 Å². The van der Waals surface area contributed by atoms with Gasteiger partial charge in [0.1, 0.15) is 16.8 Å². The molecular weight excluding hydrogens is 525 g/mol. The Kier molecular flexibility index (Phi) is 3.29. The minimum atomic E-state index is 0.111. The maximum atomic E-state index is 6.64. The third-order valence-corrected chi connectivity index (χ3v) is 10.7. The molecule has 0 N–H and O–H groups in total. The van der Waals surface area contributed by atoms with E-state index in [1.807, 2.05) is 0 Å². The number of furan rings is 1. The summed E-state index contributed by atoms with van der Waals surface area (Å²) in [5, 5.41) is 6.46. The van der Waals surface area contributed by atoms with Crippen molar-refractivity contribution in [2.45, 2.75) is 13.8 Å². The van der Waals surface area contributed by atoms with Crippen molar-refractivity contribution in [3.05, 3.63) is 108 Å². The zero-order valence-corrected chi connectivity index (χ0v) is 23.6. The summed E-state index contributed by atoms with van der Waals surface area (Å²) in [6.07, 6.45) is 0. The number of hydrogen-bond acceptors (Lipinski definition) is 2. The van der Waals surface area contributed by atoms with E-state index in [0.29, 0.717) is 0 Å². The number of fused-ring (bicyclic) bond motifs is 5. The van der Waals surface area contributed by atoms with Gasteiger partial charge in [-0.15, -0.1) is 0 Å². The molecule has 0 fully saturated rings. The van der Waals surface area contributed by atoms with Gasteiger partial charge in [-0.25, -0.2) is 0 Å². The lowest BCUT2D eigenvalue weighted by atomic mass is 9.33. The molecule has 0 saturated carbocycles. The second kappa shape index (κ2) is 6.63. The smallest absolute Gasteiger partial charge is 0.255 e. The Labute approximate surface area is 246 Å². The van der Waals surface area contributed by atoms with E-state index < -0.39 is 0 Å². The van der Waals surface area contributed by atoms with Gasteiger partial charge in [-0.2, -0.15) is 0 Å². The van der Waals surface area contributed by atoms with Crippen molar-refractivity contribution in [1.29, 1.82) is 0 Å². The summed E-state index contributed by atoms with van der Waals surface area (Å²) in [5.41, 5.74) is 18.8. The molecule has 0 radical (unpaired) electrons. The van der Waals surface area contributed by atoms with Gasteiger partial charge < -0.3 is 9.32 Å². The largest absolute Gasteiger partial charge is 0.456 e. The van der Waals surface area contributed by atoms with Crippen molar-refractivity contribution in [2.24, 2.45) is 0 Å². The van der Waals surface area contributed by atoms with E-state index in [2.05, 4.69) is 125 Å². The summed E-state index contributed by atoms with van der Waals surface area (Å²) in [6.45, 7) is 4.57. The van der Waals surface area contributed by atoms with Crippen LogP contribution in [0.15, 0.2) is 101 Å². The SMILES string of the molecule is Cc1cc2c(cc1C)n1c3ccc4oc5ccc6ccc7c8c6c5c4c3c3c1n2-c1cccc(c1B83)N7c1ccccc1. The summed E-state index contributed by atoms with van der Waals surface area (Å²) < 4.78 is 11.7. The van der Waals surface area contributed by atoms with Crippen LogP contribution in [0.5, 0.6) is 0 Å². The van der Waals surface area contributed by atoms with Crippen LogP contribution < -0.4 is 21.3 Å². The zero-order chi connectivity index (χ0) is 27.9. The van der Waals surface area contributed by atoms with Crippen LogP contribution in [-0.4, -0.2) is 15.7 Å². The number of aryl methyl sites for hydroxylation is 2. The first kappa shape index (κ1) is 21.3. The molecule has 43 heavy (non-hydrogen) atoms. The Morgan fingerprint density at radius 3 is 2.14 bits per heavy atom. The van der Waals surface area contributed by atoms with Crippen LogP contribution in [0.4, 0.5) is 17.1 Å². The molecule has 0 atom stereocenters. The average Bonchev–Trinajstić information content (AvgIpc) is 3.65. The summed E-state index contributed by atoms with van der Waals surface area (Å²) in [7, 11) is 0. The fourth-order valence-electron chi connectivity index (χ4n) is 8.95. The minimum Gasteiger partial charge on any atom is -0.456 e. The summed E-state index contributed by atoms with van der Waals surface area (Å²) in [6, 6.07) is 36.1. The van der Waals surface area contributed by atoms with Gasteiger partial charge in [0.2, 0.25) is 0 Å². The number of nitrogens with zero attached hydrogens (tertiary/aromatic N) is 3. The fourth-order valence-corrected chi connectivity index (χ4v) is 8.95. The molecule has 3 aliphatic heterocycles. The molecule has 0 unspecified atom stereocenters. The number of benzene rings is 6. The van der Waals surface area contributed by atoms with Crippen molar-refractivity contribution in [2.75, 3.05) is 4.90 Å². The summed E-state index contributed by atoms with van der Waals surface area (Å²) >= 11 is 0. The monoisotopic (exact) mass is 547 g/mol. The van der Waals surface area contributed by atoms with Gasteiger partial charge in [0.15, 0.2) is 0 Å². The quantitative estimate of drug-likeness (QED) is 0.198. The summed E-state index contributed by atoms with van der Waals surface area (Å²) in [5.74, 6) is 0. The Balaban J connectivity index is 1.45. The molecule has 5 heteroatoms. The number of para-hydroxylation sites is 1. The van der Waals surface area contributed by atoms with Gasteiger partial charge in [0.05, 0.1) is 16.6 Å². The molecular formula is C38H22BN3O. The second-order valence-electron chi connectivity index (χ2n) is 12.6. The van der Waals surface area contributed by atoms with Crippen molar-refractivity contribution >= 4 is 100 Å². The first-order valence-corrected chi connectivity index (χ1v) is 15.1. The molecule has 0 saturated heterocycles. The lowest BCUT2D eigenvalue weighted by molar-refractivity contribution is 0.669. The Hall–Kier alpha value is -5.42. The summed E-state index contributed by atoms with van der Waals surface area (Å²) in [4.78, 5) is 2.49. The van der Waals surface area contributed by atoms with Crippen LogP contribution in [-0.2, 0) is 0 Å². The number of imidazole rings is 1. The maximum Gasteiger partial charge on any atom is 0.255 e. The molecule has 3 aliphatic rings. The van der Waals surface area contributed by atoms with Gasteiger partial charge in [0, 0.05) is 38.9 Å². The van der Waals surface area contributed by atoms with Crippen molar-refractivity contribution in [1.82, 2.24) is 8.97 Å². The van der Waals surface area contributed by atoms with Crippen LogP contribution in [0, 0.1) is 13.8 Å². The average molecular weight is 547 g/mol. The van der Waals surface area contributed by atoms with E-state index in [9.17, 15) is 0 Å². The molecule has 198 valence electrons. The predicted octanol–water partition coefficient (Wildman–Crippen LogP) is 7.63. The lowest BCUT2D eigenvalue weighted by Crippen LogP contribution is -2.60. The standard InChI is InChI=1S/C38H22BN3O/c1-19-17-27-28(18-20(19)2)42-25-10-6-9-24-35(25)39-36-26(40(24)22-7-4-3-5-8-22)13-11-21-12-15-29-33(31(21)36)34-30(43-29)16-14-23-32(34)37(39)38(42)41(23)27/h3-18H,1-2H3. The number of aromatic nitrogens is 2. The van der Waals surface area contributed by atoms with Gasteiger partial charge in [-0.3, -0.25) is 8.97 Å². The molecule has 12 rings (SSSR count). The lowest BCUT2D eigenvalue weighted by Gasteiger charge is -2.40. The van der Waals surface area contributed by atoms with Crippen LogP contribution in [0.3, 0.4) is 0 Å². The van der Waals surface area contributed by atoms with E-state index in [4.69, 9.17) is 4.42 Å². The van der Waals surface area contributed by atoms with E-state index in [1.165, 1.54) is 99.4 Å². The van der Waals surface area contributed by atoms with Crippen molar-refractivity contribution < 1.29 is 4.42 Å². The molecule has 0 aliphatic carbocycles. The highest BCUT2D eigenvalue weighted by Crippen LogP contribution is 2.48. The van der Waals surface area contributed by atoms with E-state index >= 15 is 0 Å². The first-order chi connectivity index (χ1) is 21.2. The van der Waals surface area contributed by atoms with Gasteiger partial charge in [-0.1, -0.05) is 36.4 Å². The number of hydrogen-bond donors (Lipinski definition) is 0. The first-order valence-electron chi connectivity index (χ1n) is 15.1. The molecule has 6 aromatic carbocycles. The molecule has 4 nitrogen and oxygen atoms in total. The van der Waals surface area contributed by atoms with E-state index in [-0.39, 0.29) is 6.71 Å². The van der Waals surface area contributed by atoms with E-state index in [0.717, 1.165) is 11.2 Å². The molecule has 9 aromatic rings. The Bertz CT molecular complexity index is 2820. The van der Waals surface area contributed by atoms with Gasteiger partial charge in [0.25, 0.3) is 6.71 Å². The maximum absolute atomic E-state index is 6.64. The Morgan fingerprint density at radius 1 is 0.558 bits per heavy atom. The highest BCUT2D eigenvalue weighted by molar-refractivity contribution is 7.03. The van der Waals surface area contributed by atoms with Gasteiger partial charge >= 0.3 is 0 Å². The predicted molar refractivity (Wildman–Crippen MR) is 179 cm³/mol. The third-order valence-electron chi connectivity index (χ3n) is 10.7. The van der Waals surface area contributed by atoms with E-state index in [1.54, 1.807) is 0 Å². The molecule has 0 bridgehead atoms. The highest BCUT2D eigenvalue weighted by atomic mass is 16.3. The number of rotatable bonds is 1. The normalized spacial score (nSPS) is 14.2. The topological polar surface area (TPSA) is 25.7 Å². The third kappa shape index (κ3) is 2.12. The van der Waals surface area contributed by atoms with Crippen LogP contribution in [0.25, 0.3) is 66.0 Å². The minimum absolute atomic E-state index is 0.111. The second-order valence-corrected chi connectivity index (χ2v) is 12.6. The molecule has 3 aromatic heterocycles. The van der Waals surface area contributed by atoms with Crippen LogP contribution in [0.2, 0.25) is 0 Å². The number of anilines is 3. The van der Waals surface area contributed by atoms with Crippen LogP contribution >= 0.6 is 0 Å². The Morgan fingerprint density at radius 2 is 1.28 bits per heavy atom. The molecule has 0 amide bonds. The van der Waals surface area contributed by atoms with Crippen molar-refractivity contribution in [3.8, 4) is 5.69 Å². The highest BCUT2D eigenvalue weighted by Gasteiger charge is 2.46. The molecule has 0 spiro atoms. The van der Waals surface area contributed by atoms with Crippen molar-refractivity contribution in [3.63, 3.8) is 0 Å². The zero-order valence-electron chi connectivity index (χ0n) is 23.6. The molecule has 6 heterocycles.